The fraction of sp³-hybridized carbons (Fsp3) is 0.188. The van der Waals surface area contributed by atoms with Gasteiger partial charge in [0.25, 0.3) is 0 Å². The minimum atomic E-state index is -1.25. The Morgan fingerprint density at radius 1 is 0.400 bits per heavy atom. The molecule has 3 unspecified atom stereocenters. The maximum atomic E-state index is 12.9. The van der Waals surface area contributed by atoms with E-state index in [-0.39, 0.29) is 208 Å². The second-order valence-corrected chi connectivity index (χ2v) is 25.5. The zero-order valence-corrected chi connectivity index (χ0v) is 60.3. The molecule has 0 fully saturated rings. The molecule has 2 aromatic heterocycles. The third-order valence-corrected chi connectivity index (χ3v) is 18.1. The Hall–Kier alpha value is -13.2. The zero-order valence-electron chi connectivity index (χ0n) is 58.8. The molecule has 22 N–H and O–H groups in total. The lowest BCUT2D eigenvalue weighted by Crippen LogP contribution is -3.00. The Morgan fingerprint density at radius 2 is 0.918 bits per heavy atom. The van der Waals surface area contributed by atoms with Crippen LogP contribution in [0.1, 0.15) is 98.0 Å². The fourth-order valence-electron chi connectivity index (χ4n) is 12.0. The molecule has 0 spiro atoms. The van der Waals surface area contributed by atoms with Crippen molar-refractivity contribution in [2.24, 2.45) is 0 Å². The van der Waals surface area contributed by atoms with E-state index in [0.717, 1.165) is 54.3 Å². The summed E-state index contributed by atoms with van der Waals surface area (Å²) >= 11 is 0. The van der Waals surface area contributed by atoms with Crippen molar-refractivity contribution in [1.29, 1.82) is 0 Å². The molecule has 28 nitrogen and oxygen atoms in total. The Bertz CT molecular complexity index is 5470. The molecule has 578 valence electrons. The number of aliphatic hydroxyl groups excluding tert-OH is 2. The summed E-state index contributed by atoms with van der Waals surface area (Å²) < 4.78 is 27.8. The highest BCUT2D eigenvalue weighted by atomic mass is 35.5. The smallest absolute Gasteiger partial charge is 0.402 e. The molecular formula is C80H76Cl2O28. The highest BCUT2D eigenvalue weighted by Crippen LogP contribution is 2.50. The first-order chi connectivity index (χ1) is 51.2. The number of methoxy groups -OCH3 is 1. The molecule has 0 aliphatic carbocycles. The predicted molar refractivity (Wildman–Crippen MR) is 392 cm³/mol. The summed E-state index contributed by atoms with van der Waals surface area (Å²) in [6, 6.07) is 33.8. The van der Waals surface area contributed by atoms with Gasteiger partial charge in [-0.15, -0.1) is 0 Å². The van der Waals surface area contributed by atoms with Crippen molar-refractivity contribution in [2.75, 3.05) is 7.11 Å². The lowest BCUT2D eigenvalue weighted by molar-refractivity contribution is -0.001000. The van der Waals surface area contributed by atoms with E-state index in [1.165, 1.54) is 98.1 Å². The van der Waals surface area contributed by atoms with Gasteiger partial charge in [0.15, 0.2) is 57.5 Å². The SMILES string of the molecule is CCC(C)c1cc(O)ccc1O.CCC(C)c1ccc(O)c(O)c1.COc1cc(-c2[o+]c3cc(O)cc(O)c3cc2O)cc(O)c1O.O=c1cc(C2Oc3cc(O)cc(O)c3C[C@H]2O)cc2c([C@H]3Oc4cc(O)cc(O)c4C[C@H]3O)cc(O)c(O)c2c1.Oc1ccc(-c2[o+]c3cc(O)c(O)c(O)c3cc2O)cc1.[Cl-].[Cl-]. The standard InChI is InChI=1S/C29H24O11.C16H12O7.C15H10O6.2C10H14O2.2ClH/c30-12-1-11(28-23(36)9-18-20(33)4-13(31)6-25(18)39-28)2-15-16(3-12)27(38)22(35)8-17(15)29-24(37)10-19-21(34)5-14(32)7-26(19)40-29;1-22-14-3-7(2-11(19)15(14)21)16-12(20)6-9-10(18)4-8(17)5-13(9)23-16;16-8-3-1-7(2-4-8)15-11(18)5-9-12(21-15)6-10(17)14(20)13(9)19;1-3-7(2)9-6-8(11)4-5-10(9)12;1-3-7(2)8-4-5-9(11)10(12)6-8;;/h1-8,23-24,28-29,31-38H,9-10H2;2-6H,1H3,(H4-,17,18,19,20,21);1-6H,(H4-,16,17,18,19,20);2*4-7,11-12H,3H2,1-2H3;2*1H/t23-,24-,28?,29-;;;;;;/m1....../s1. The van der Waals surface area contributed by atoms with Gasteiger partial charge in [-0.25, -0.2) is 8.83 Å². The highest BCUT2D eigenvalue weighted by molar-refractivity contribution is 5.94. The largest absolute Gasteiger partial charge is 1.00 e. The van der Waals surface area contributed by atoms with Gasteiger partial charge in [-0.1, -0.05) is 33.8 Å². The molecule has 6 atom stereocenters. The van der Waals surface area contributed by atoms with Gasteiger partial charge in [-0.3, -0.25) is 4.79 Å². The number of hydrogen-bond donors (Lipinski definition) is 22. The van der Waals surface area contributed by atoms with Crippen LogP contribution in [-0.2, 0) is 12.8 Å². The lowest BCUT2D eigenvalue weighted by Gasteiger charge is -2.32. The minimum Gasteiger partial charge on any atom is -1.00 e. The van der Waals surface area contributed by atoms with Gasteiger partial charge in [0, 0.05) is 95.1 Å². The van der Waals surface area contributed by atoms with E-state index in [1.807, 2.05) is 19.9 Å². The van der Waals surface area contributed by atoms with Crippen molar-refractivity contribution in [1.82, 2.24) is 0 Å². The second kappa shape index (κ2) is 34.2. The zero-order chi connectivity index (χ0) is 78.6. The first-order valence-corrected chi connectivity index (χ1v) is 33.2. The molecule has 0 amide bonds. The highest BCUT2D eigenvalue weighted by Gasteiger charge is 2.37. The summed E-state index contributed by atoms with van der Waals surface area (Å²) in [6.45, 7) is 8.25. The molecule has 10 aromatic carbocycles. The molecule has 0 saturated heterocycles. The Kier molecular flexibility index (Phi) is 25.6. The summed E-state index contributed by atoms with van der Waals surface area (Å²) in [4.78, 5) is 12.9. The summed E-state index contributed by atoms with van der Waals surface area (Å²) in [7, 11) is 1.31. The normalized spacial score (nSPS) is 15.0. The van der Waals surface area contributed by atoms with E-state index in [2.05, 4.69) is 13.8 Å². The van der Waals surface area contributed by atoms with Gasteiger partial charge in [0.2, 0.25) is 23.0 Å². The van der Waals surface area contributed by atoms with E-state index < -0.39 is 70.1 Å². The van der Waals surface area contributed by atoms with Crippen LogP contribution in [0.15, 0.2) is 165 Å². The van der Waals surface area contributed by atoms with Crippen LogP contribution >= 0.6 is 0 Å². The predicted octanol–water partition coefficient (Wildman–Crippen LogP) is 7.56. The molecule has 4 heterocycles. The number of hydrogen-bond acceptors (Lipinski definition) is 26. The quantitative estimate of drug-likeness (QED) is 0.0376. The summed E-state index contributed by atoms with van der Waals surface area (Å²) in [5.41, 5.74) is 3.13. The number of halogens is 2. The van der Waals surface area contributed by atoms with Crippen LogP contribution in [0.3, 0.4) is 0 Å². The maximum Gasteiger partial charge on any atom is 0.402 e. The summed E-state index contributed by atoms with van der Waals surface area (Å²) in [5, 5.41) is 217. The number of aliphatic hydroxyl groups is 2. The number of ether oxygens (including phenoxy) is 3. The van der Waals surface area contributed by atoms with Crippen molar-refractivity contribution in [2.45, 2.75) is 89.6 Å². The van der Waals surface area contributed by atoms with Gasteiger partial charge in [0.1, 0.15) is 80.1 Å². The Labute approximate surface area is 636 Å². The van der Waals surface area contributed by atoms with Gasteiger partial charge < -0.3 is 151 Å². The third kappa shape index (κ3) is 17.8. The first kappa shape index (κ1) is 82.5. The summed E-state index contributed by atoms with van der Waals surface area (Å²) in [5.74, 6) is -4.49. The van der Waals surface area contributed by atoms with Crippen LogP contribution in [0.4, 0.5) is 0 Å². The van der Waals surface area contributed by atoms with Gasteiger partial charge in [-0.2, -0.15) is 0 Å². The van der Waals surface area contributed by atoms with E-state index in [0.29, 0.717) is 11.5 Å². The number of rotatable bonds is 9. The number of benzene rings is 9. The van der Waals surface area contributed by atoms with Crippen LogP contribution in [0, 0.1) is 0 Å². The maximum absolute atomic E-state index is 12.9. The van der Waals surface area contributed by atoms with Gasteiger partial charge >= 0.3 is 22.7 Å². The Morgan fingerprint density at radius 3 is 1.51 bits per heavy atom. The Balaban J connectivity index is 0.000000186. The average molecular weight is 1560 g/mol. The molecule has 14 rings (SSSR count). The first-order valence-electron chi connectivity index (χ1n) is 33.2. The van der Waals surface area contributed by atoms with E-state index in [1.54, 1.807) is 24.3 Å². The molecule has 30 heteroatoms. The number of phenols is 18. The van der Waals surface area contributed by atoms with Crippen molar-refractivity contribution in [3.05, 3.63) is 195 Å². The van der Waals surface area contributed by atoms with Crippen LogP contribution in [0.25, 0.3) is 55.4 Å². The molecule has 2 aliphatic rings. The van der Waals surface area contributed by atoms with Crippen molar-refractivity contribution in [3.8, 4) is 155 Å². The summed E-state index contributed by atoms with van der Waals surface area (Å²) in [6.07, 6.45) is -2.89. The van der Waals surface area contributed by atoms with Gasteiger partial charge in [-0.05, 0) is 120 Å². The molecule has 0 bridgehead atoms. The van der Waals surface area contributed by atoms with Crippen LogP contribution in [-0.4, -0.2) is 132 Å². The van der Waals surface area contributed by atoms with E-state index in [9.17, 15) is 112 Å². The van der Waals surface area contributed by atoms with Crippen LogP contribution < -0.4 is 44.5 Å². The monoisotopic (exact) mass is 1550 g/mol. The van der Waals surface area contributed by atoms with E-state index >= 15 is 0 Å². The fourth-order valence-corrected chi connectivity index (χ4v) is 12.0. The molecule has 110 heavy (non-hydrogen) atoms. The minimum absolute atomic E-state index is 0. The van der Waals surface area contributed by atoms with Crippen LogP contribution in [0.5, 0.6) is 132 Å². The van der Waals surface area contributed by atoms with Crippen molar-refractivity contribution >= 4 is 32.7 Å². The number of phenolic OH excluding ortho intramolecular Hbond substituents is 18. The van der Waals surface area contributed by atoms with Crippen LogP contribution in [0.2, 0.25) is 0 Å². The molecule has 0 radical (unpaired) electrons. The molecule has 12 aromatic rings. The molecular weight excluding hydrogens is 1480 g/mol. The molecule has 0 saturated carbocycles. The number of aromatic hydroxyl groups is 20. The average Bonchev–Trinajstić information content (AvgIpc) is 1.32. The van der Waals surface area contributed by atoms with E-state index in [4.69, 9.17) is 28.2 Å². The molecule has 2 aliphatic heterocycles. The second-order valence-electron chi connectivity index (χ2n) is 25.5. The van der Waals surface area contributed by atoms with Gasteiger partial charge in [0.05, 0.1) is 42.6 Å². The number of fused-ring (bicyclic) bond motifs is 5. The third-order valence-electron chi connectivity index (χ3n) is 18.1. The topological polar surface area (TPSA) is 512 Å². The van der Waals surface area contributed by atoms with Crippen molar-refractivity contribution in [3.63, 3.8) is 0 Å². The lowest BCUT2D eigenvalue weighted by atomic mass is 9.90. The van der Waals surface area contributed by atoms with Crippen molar-refractivity contribution < 1.29 is 160 Å².